The van der Waals surface area contributed by atoms with E-state index < -0.39 is 0 Å². The Morgan fingerprint density at radius 3 is 3.00 bits per heavy atom. The van der Waals surface area contributed by atoms with Gasteiger partial charge in [0.1, 0.15) is 11.4 Å². The first-order valence-electron chi connectivity index (χ1n) is 8.74. The zero-order valence-electron chi connectivity index (χ0n) is 14.6. The molecule has 0 radical (unpaired) electrons. The van der Waals surface area contributed by atoms with E-state index in [1.54, 1.807) is 24.5 Å². The molecule has 2 aromatic carbocycles. The fraction of sp³-hybridized carbons (Fsp3) is 0. The number of anilines is 1. The van der Waals surface area contributed by atoms with Gasteiger partial charge in [0.2, 0.25) is 0 Å². The summed E-state index contributed by atoms with van der Waals surface area (Å²) in [7, 11) is 0. The Balaban J connectivity index is 1.61. The fourth-order valence-electron chi connectivity index (χ4n) is 3.46. The number of hydrogen-bond acceptors (Lipinski definition) is 3. The zero-order chi connectivity index (χ0) is 19.1. The number of benzene rings is 2. The number of fused-ring (bicyclic) bond motifs is 2. The number of rotatable bonds is 3. The van der Waals surface area contributed by atoms with E-state index >= 15 is 0 Å². The summed E-state index contributed by atoms with van der Waals surface area (Å²) < 4.78 is 0.647. The van der Waals surface area contributed by atoms with Crippen LogP contribution in [-0.4, -0.2) is 21.1 Å². The zero-order valence-corrected chi connectivity index (χ0v) is 16.2. The number of amides is 1. The summed E-state index contributed by atoms with van der Waals surface area (Å²) in [4.78, 5) is 17.0. The van der Waals surface area contributed by atoms with Gasteiger partial charge in [0, 0.05) is 33.8 Å². The van der Waals surface area contributed by atoms with Gasteiger partial charge in [-0.2, -0.15) is 5.10 Å². The van der Waals surface area contributed by atoms with E-state index in [4.69, 9.17) is 0 Å². The molecule has 0 unspecified atom stereocenters. The quantitative estimate of drug-likeness (QED) is 0.430. The van der Waals surface area contributed by atoms with Crippen LogP contribution in [0.15, 0.2) is 65.5 Å². The van der Waals surface area contributed by atoms with Crippen LogP contribution in [0.25, 0.3) is 28.1 Å². The van der Waals surface area contributed by atoms with Gasteiger partial charge in [-0.05, 0) is 51.3 Å². The average molecular weight is 433 g/mol. The second-order valence-corrected chi connectivity index (χ2v) is 7.33. The Morgan fingerprint density at radius 1 is 1.18 bits per heavy atom. The molecule has 1 amide bonds. The third-order valence-electron chi connectivity index (χ3n) is 4.77. The Bertz CT molecular complexity index is 1260. The highest BCUT2D eigenvalue weighted by Gasteiger charge is 2.18. The van der Waals surface area contributed by atoms with Crippen molar-refractivity contribution in [1.82, 2.24) is 15.2 Å². The predicted molar refractivity (Wildman–Crippen MR) is 112 cm³/mol. The minimum atomic E-state index is -0.279. The summed E-state index contributed by atoms with van der Waals surface area (Å²) in [5.74, 6) is -0.279. The number of hydrogen-bond donors (Lipinski definition) is 3. The van der Waals surface area contributed by atoms with E-state index in [9.17, 15) is 4.79 Å². The van der Waals surface area contributed by atoms with Gasteiger partial charge in [0.25, 0.3) is 5.91 Å². The molecule has 0 aliphatic carbocycles. The van der Waals surface area contributed by atoms with Crippen molar-refractivity contribution in [3.8, 4) is 11.1 Å². The number of quaternary nitrogens is 1. The Kier molecular flexibility index (Phi) is 4.03. The van der Waals surface area contributed by atoms with Crippen LogP contribution in [0, 0.1) is 0 Å². The molecule has 1 aliphatic heterocycles. The van der Waals surface area contributed by atoms with Crippen LogP contribution in [0.5, 0.6) is 0 Å². The van der Waals surface area contributed by atoms with E-state index in [2.05, 4.69) is 66.0 Å². The van der Waals surface area contributed by atoms with Crippen molar-refractivity contribution < 1.29 is 10.1 Å². The van der Waals surface area contributed by atoms with Crippen LogP contribution >= 0.6 is 15.9 Å². The van der Waals surface area contributed by atoms with E-state index in [0.29, 0.717) is 15.9 Å². The standard InChI is InChI=1S/C21H14BrN5O/c22-16-4-2-7-24-20(16)21(28)26-18-9-12(10-19-15(18)11-25-27-19)13-3-1-5-17-14(13)6-8-23-17/h1-11,23H,(H,25,27)(H,26,28)/p+1. The number of carbonyl (C=O) groups is 1. The molecule has 5 rings (SSSR count). The third kappa shape index (κ3) is 2.81. The molecule has 1 aliphatic rings. The summed E-state index contributed by atoms with van der Waals surface area (Å²) in [6, 6.07) is 13.8. The second-order valence-electron chi connectivity index (χ2n) is 6.48. The van der Waals surface area contributed by atoms with Gasteiger partial charge < -0.3 is 5.32 Å². The third-order valence-corrected chi connectivity index (χ3v) is 5.41. The van der Waals surface area contributed by atoms with Crippen LogP contribution in [0.1, 0.15) is 16.1 Å². The van der Waals surface area contributed by atoms with Gasteiger partial charge >= 0.3 is 0 Å². The molecule has 0 saturated carbocycles. The molecule has 0 fully saturated rings. The first-order chi connectivity index (χ1) is 13.7. The Labute approximate surface area is 168 Å². The lowest BCUT2D eigenvalue weighted by atomic mass is 9.97. The van der Waals surface area contributed by atoms with Gasteiger partial charge in [-0.25, -0.2) is 4.98 Å². The number of pyridine rings is 1. The molecule has 7 heteroatoms. The van der Waals surface area contributed by atoms with Crippen LogP contribution < -0.4 is 10.6 Å². The first kappa shape index (κ1) is 16.9. The van der Waals surface area contributed by atoms with Crippen LogP contribution in [0.2, 0.25) is 0 Å². The average Bonchev–Trinajstić information content (AvgIpc) is 3.37. The molecule has 0 atom stereocenters. The van der Waals surface area contributed by atoms with E-state index in [1.807, 2.05) is 18.3 Å². The predicted octanol–water partition coefficient (Wildman–Crippen LogP) is 3.82. The van der Waals surface area contributed by atoms with Gasteiger partial charge in [-0.1, -0.05) is 12.1 Å². The highest BCUT2D eigenvalue weighted by molar-refractivity contribution is 9.10. The van der Waals surface area contributed by atoms with Gasteiger partial charge in [0.05, 0.1) is 23.6 Å². The maximum atomic E-state index is 12.8. The van der Waals surface area contributed by atoms with Crippen molar-refractivity contribution in [2.24, 2.45) is 0 Å². The lowest BCUT2D eigenvalue weighted by molar-refractivity contribution is -0.491. The number of nitrogens with two attached hydrogens (primary N) is 1. The number of aromatic amines is 1. The molecule has 6 nitrogen and oxygen atoms in total. The van der Waals surface area contributed by atoms with Crippen molar-refractivity contribution in [3.05, 3.63) is 76.8 Å². The number of nitrogens with zero attached hydrogens (tertiary/aromatic N) is 2. The van der Waals surface area contributed by atoms with Crippen molar-refractivity contribution in [1.29, 1.82) is 0 Å². The molecule has 2 aromatic heterocycles. The van der Waals surface area contributed by atoms with Gasteiger partial charge in [-0.3, -0.25) is 15.2 Å². The summed E-state index contributed by atoms with van der Waals surface area (Å²) in [5, 5.41) is 13.1. The van der Waals surface area contributed by atoms with E-state index in [-0.39, 0.29) is 5.91 Å². The number of halogens is 1. The molecule has 0 saturated heterocycles. The number of nitrogens with one attached hydrogen (secondary N) is 2. The minimum absolute atomic E-state index is 0.279. The highest BCUT2D eigenvalue weighted by atomic mass is 79.9. The second kappa shape index (κ2) is 6.70. The first-order valence-corrected chi connectivity index (χ1v) is 9.54. The molecule has 136 valence electrons. The maximum absolute atomic E-state index is 12.8. The molecule has 4 aromatic rings. The van der Waals surface area contributed by atoms with Gasteiger partial charge in [0.15, 0.2) is 0 Å². The van der Waals surface area contributed by atoms with E-state index in [0.717, 1.165) is 22.0 Å². The monoisotopic (exact) mass is 432 g/mol. The molecule has 0 bridgehead atoms. The van der Waals surface area contributed by atoms with Gasteiger partial charge in [-0.15, -0.1) is 0 Å². The molecular weight excluding hydrogens is 418 g/mol. The summed E-state index contributed by atoms with van der Waals surface area (Å²) in [6.07, 6.45) is 7.46. The smallest absolute Gasteiger partial charge is 0.275 e. The molecule has 4 N–H and O–H groups in total. The van der Waals surface area contributed by atoms with Crippen LogP contribution in [-0.2, 0) is 0 Å². The van der Waals surface area contributed by atoms with Crippen molar-refractivity contribution in [2.45, 2.75) is 0 Å². The lowest BCUT2D eigenvalue weighted by Gasteiger charge is -2.11. The molecule has 0 spiro atoms. The Morgan fingerprint density at radius 2 is 2.11 bits per heavy atom. The maximum Gasteiger partial charge on any atom is 0.275 e. The highest BCUT2D eigenvalue weighted by Crippen LogP contribution is 2.35. The number of carbonyl (C=O) groups excluding carboxylic acids is 1. The minimum Gasteiger partial charge on any atom is -0.320 e. The van der Waals surface area contributed by atoms with Crippen molar-refractivity contribution >= 4 is 50.2 Å². The molecule has 28 heavy (non-hydrogen) atoms. The van der Waals surface area contributed by atoms with Crippen molar-refractivity contribution in [2.75, 3.05) is 5.32 Å². The summed E-state index contributed by atoms with van der Waals surface area (Å²) >= 11 is 3.38. The summed E-state index contributed by atoms with van der Waals surface area (Å²) in [6.45, 7) is 0. The lowest BCUT2D eigenvalue weighted by Crippen LogP contribution is -2.69. The van der Waals surface area contributed by atoms with E-state index in [1.165, 1.54) is 11.3 Å². The largest absolute Gasteiger partial charge is 0.320 e. The molecule has 3 heterocycles. The Hall–Kier alpha value is -3.29. The molecular formula is C21H15BrN5O+. The fourth-order valence-corrected chi connectivity index (χ4v) is 3.89. The number of H-pyrrole nitrogens is 1. The topological polar surface area (TPSA) is 87.3 Å². The van der Waals surface area contributed by atoms with Crippen molar-refractivity contribution in [3.63, 3.8) is 0 Å². The normalized spacial score (nSPS) is 12.3. The SMILES string of the molecule is O=C(Nc1cc(-c2cccc3c2C=C[NH2+]3)cc2[nH]ncc12)c1ncccc1Br. The summed E-state index contributed by atoms with van der Waals surface area (Å²) in [5.41, 5.74) is 6.35. The van der Waals surface area contributed by atoms with Crippen LogP contribution in [0.3, 0.4) is 0 Å². The van der Waals surface area contributed by atoms with Crippen LogP contribution in [0.4, 0.5) is 11.4 Å². The number of aromatic nitrogens is 3.